The van der Waals surface area contributed by atoms with Crippen LogP contribution in [-0.4, -0.2) is 48.6 Å². The molecule has 0 spiro atoms. The molecule has 1 fully saturated rings. The summed E-state index contributed by atoms with van der Waals surface area (Å²) in [6.45, 7) is 5.38. The summed E-state index contributed by atoms with van der Waals surface area (Å²) in [4.78, 5) is 19.8. The van der Waals surface area contributed by atoms with E-state index in [9.17, 15) is 4.79 Å². The van der Waals surface area contributed by atoms with Gasteiger partial charge in [0.2, 0.25) is 5.91 Å². The summed E-state index contributed by atoms with van der Waals surface area (Å²) in [7, 11) is 0. The van der Waals surface area contributed by atoms with Gasteiger partial charge in [-0.3, -0.25) is 9.69 Å². The Kier molecular flexibility index (Phi) is 5.78. The maximum Gasteiger partial charge on any atom is 0.234 e. The molecule has 2 atom stereocenters. The molecule has 1 N–H and O–H groups in total. The van der Waals surface area contributed by atoms with Gasteiger partial charge in [-0.25, -0.2) is 4.98 Å². The van der Waals surface area contributed by atoms with Crippen LogP contribution in [0.5, 0.6) is 11.5 Å². The number of carbonyl (C=O) groups excluding carboxylic acids is 1. The largest absolute Gasteiger partial charge is 0.486 e. The minimum atomic E-state index is -0.0897. The number of hydrogen-bond donors (Lipinski definition) is 1. The molecular weight excluding hydrogens is 410 g/mol. The first-order chi connectivity index (χ1) is 15.2. The number of nitrogens with one attached hydrogen (secondary N) is 1. The van der Waals surface area contributed by atoms with Crippen LogP contribution in [0, 0.1) is 0 Å². The molecule has 0 unspecified atom stereocenters. The van der Waals surface area contributed by atoms with Gasteiger partial charge in [-0.15, -0.1) is 11.3 Å². The summed E-state index contributed by atoms with van der Waals surface area (Å²) >= 11 is 1.78. The molecule has 162 valence electrons. The van der Waals surface area contributed by atoms with Gasteiger partial charge in [-0.05, 0) is 56.1 Å². The van der Waals surface area contributed by atoms with Crippen molar-refractivity contribution >= 4 is 27.5 Å². The van der Waals surface area contributed by atoms with E-state index in [1.807, 2.05) is 31.2 Å². The molecular formula is C24H27N3O3S. The van der Waals surface area contributed by atoms with Crippen molar-refractivity contribution in [3.8, 4) is 11.5 Å². The van der Waals surface area contributed by atoms with Crippen LogP contribution in [0.25, 0.3) is 10.2 Å². The number of nitrogens with zero attached hydrogens (tertiary/aromatic N) is 2. The molecule has 2 aliphatic rings. The van der Waals surface area contributed by atoms with Gasteiger partial charge in [-0.2, -0.15) is 0 Å². The number of thiazole rings is 1. The summed E-state index contributed by atoms with van der Waals surface area (Å²) in [6, 6.07) is 14.1. The molecule has 2 aliphatic heterocycles. The second kappa shape index (κ2) is 8.85. The zero-order valence-electron chi connectivity index (χ0n) is 17.7. The van der Waals surface area contributed by atoms with Gasteiger partial charge in [0.1, 0.15) is 13.2 Å². The topological polar surface area (TPSA) is 63.7 Å². The molecule has 5 rings (SSSR count). The molecule has 1 saturated heterocycles. The fraction of sp³-hybridized carbons (Fsp3) is 0.417. The summed E-state index contributed by atoms with van der Waals surface area (Å²) in [5.41, 5.74) is 2.09. The van der Waals surface area contributed by atoms with E-state index in [1.165, 1.54) is 9.71 Å². The number of piperidine rings is 1. The molecule has 3 aromatic rings. The number of ether oxygens (including phenoxy) is 2. The van der Waals surface area contributed by atoms with Crippen LogP contribution in [0.2, 0.25) is 0 Å². The molecule has 0 saturated carbocycles. The monoisotopic (exact) mass is 437 g/mol. The highest BCUT2D eigenvalue weighted by Gasteiger charge is 2.26. The van der Waals surface area contributed by atoms with Gasteiger partial charge in [0.25, 0.3) is 0 Å². The van der Waals surface area contributed by atoms with Crippen LogP contribution >= 0.6 is 11.3 Å². The van der Waals surface area contributed by atoms with E-state index in [4.69, 9.17) is 14.5 Å². The number of rotatable bonds is 5. The fourth-order valence-electron chi connectivity index (χ4n) is 4.37. The number of carbonyl (C=O) groups is 1. The number of aromatic nitrogens is 1. The first-order valence-corrected chi connectivity index (χ1v) is 11.7. The van der Waals surface area contributed by atoms with Gasteiger partial charge in [0.15, 0.2) is 11.5 Å². The van der Waals surface area contributed by atoms with E-state index in [0.717, 1.165) is 48.5 Å². The summed E-state index contributed by atoms with van der Waals surface area (Å²) < 4.78 is 12.5. The predicted molar refractivity (Wildman–Crippen MR) is 122 cm³/mol. The van der Waals surface area contributed by atoms with Gasteiger partial charge < -0.3 is 14.8 Å². The third-order valence-electron chi connectivity index (χ3n) is 5.98. The molecule has 6 nitrogen and oxygen atoms in total. The first kappa shape index (κ1) is 20.3. The second-order valence-electron chi connectivity index (χ2n) is 8.29. The van der Waals surface area contributed by atoms with Crippen molar-refractivity contribution in [1.82, 2.24) is 15.2 Å². The lowest BCUT2D eigenvalue weighted by Crippen LogP contribution is -2.42. The molecule has 1 aromatic heterocycles. The Balaban J connectivity index is 1.19. The standard InChI is InChI=1S/C24H27N3O3S/c1-16(17-8-9-20-21(13-17)30-12-11-29-20)25-23(28)15-27-10-4-5-18(14-27)24-26-19-6-2-3-7-22(19)31-24/h2-3,6-9,13,16,18H,4-5,10-12,14-15H2,1H3,(H,25,28)/t16-,18-/m1/s1. The van der Waals surface area contributed by atoms with E-state index >= 15 is 0 Å². The van der Waals surface area contributed by atoms with Crippen LogP contribution in [0.3, 0.4) is 0 Å². The molecule has 7 heteroatoms. The Morgan fingerprint density at radius 3 is 2.94 bits per heavy atom. The first-order valence-electron chi connectivity index (χ1n) is 10.9. The van der Waals surface area contributed by atoms with Crippen LogP contribution in [0.4, 0.5) is 0 Å². The van der Waals surface area contributed by atoms with Crippen molar-refractivity contribution in [3.05, 3.63) is 53.0 Å². The van der Waals surface area contributed by atoms with Gasteiger partial charge in [0, 0.05) is 12.5 Å². The third-order valence-corrected chi connectivity index (χ3v) is 7.18. The smallest absolute Gasteiger partial charge is 0.234 e. The van der Waals surface area contributed by atoms with E-state index in [-0.39, 0.29) is 11.9 Å². The Hall–Kier alpha value is -2.64. The highest BCUT2D eigenvalue weighted by Crippen LogP contribution is 2.34. The molecule has 31 heavy (non-hydrogen) atoms. The normalized spacial score (nSPS) is 19.8. The lowest BCUT2D eigenvalue weighted by atomic mass is 9.98. The molecule has 1 amide bonds. The van der Waals surface area contributed by atoms with Crippen molar-refractivity contribution in [2.24, 2.45) is 0 Å². The number of amides is 1. The summed E-state index contributed by atoms with van der Waals surface area (Å²) in [5.74, 6) is 1.96. The van der Waals surface area contributed by atoms with Crippen molar-refractivity contribution in [2.45, 2.75) is 31.7 Å². The zero-order chi connectivity index (χ0) is 21.2. The van der Waals surface area contributed by atoms with Crippen LogP contribution in [0.15, 0.2) is 42.5 Å². The van der Waals surface area contributed by atoms with Gasteiger partial charge in [0.05, 0.1) is 27.8 Å². The Bertz CT molecular complexity index is 1050. The maximum atomic E-state index is 12.7. The van der Waals surface area contributed by atoms with Gasteiger partial charge in [-0.1, -0.05) is 18.2 Å². The lowest BCUT2D eigenvalue weighted by molar-refractivity contribution is -0.123. The molecule has 0 radical (unpaired) electrons. The molecule has 0 aliphatic carbocycles. The minimum Gasteiger partial charge on any atom is -0.486 e. The summed E-state index contributed by atoms with van der Waals surface area (Å²) in [5, 5.41) is 4.33. The number of fused-ring (bicyclic) bond motifs is 2. The maximum absolute atomic E-state index is 12.7. The van der Waals surface area contributed by atoms with Crippen molar-refractivity contribution in [2.75, 3.05) is 32.8 Å². The van der Waals surface area contributed by atoms with Crippen LogP contribution in [0.1, 0.15) is 42.3 Å². The number of likely N-dealkylation sites (tertiary alicyclic amines) is 1. The average Bonchev–Trinajstić information content (AvgIpc) is 3.23. The van der Waals surface area contributed by atoms with E-state index < -0.39 is 0 Å². The number of hydrogen-bond acceptors (Lipinski definition) is 6. The zero-order valence-corrected chi connectivity index (χ0v) is 18.5. The summed E-state index contributed by atoms with van der Waals surface area (Å²) in [6.07, 6.45) is 2.22. The van der Waals surface area contributed by atoms with Crippen molar-refractivity contribution in [3.63, 3.8) is 0 Å². The number of para-hydroxylation sites is 1. The lowest BCUT2D eigenvalue weighted by Gasteiger charge is -2.31. The number of benzene rings is 2. The Labute approximate surface area is 186 Å². The van der Waals surface area contributed by atoms with E-state index in [0.29, 0.717) is 25.7 Å². The van der Waals surface area contributed by atoms with Gasteiger partial charge >= 0.3 is 0 Å². The minimum absolute atomic E-state index is 0.0485. The third kappa shape index (κ3) is 4.52. The Morgan fingerprint density at radius 2 is 2.06 bits per heavy atom. The molecule has 2 aromatic carbocycles. The quantitative estimate of drug-likeness (QED) is 0.650. The highest BCUT2D eigenvalue weighted by molar-refractivity contribution is 7.18. The predicted octanol–water partition coefficient (Wildman–Crippen LogP) is 4.12. The second-order valence-corrected chi connectivity index (χ2v) is 9.35. The van der Waals surface area contributed by atoms with E-state index in [1.54, 1.807) is 11.3 Å². The molecule has 3 heterocycles. The average molecular weight is 438 g/mol. The van der Waals surface area contributed by atoms with Crippen LogP contribution < -0.4 is 14.8 Å². The SMILES string of the molecule is C[C@@H](NC(=O)CN1CCC[C@@H](c2nc3ccccc3s2)C1)c1ccc2c(c1)OCCO2. The van der Waals surface area contributed by atoms with Crippen molar-refractivity contribution in [1.29, 1.82) is 0 Å². The Morgan fingerprint density at radius 1 is 1.23 bits per heavy atom. The van der Waals surface area contributed by atoms with Crippen LogP contribution in [-0.2, 0) is 4.79 Å². The fourth-order valence-corrected chi connectivity index (χ4v) is 5.46. The molecule has 0 bridgehead atoms. The highest BCUT2D eigenvalue weighted by atomic mass is 32.1. The van der Waals surface area contributed by atoms with E-state index in [2.05, 4.69) is 28.4 Å². The van der Waals surface area contributed by atoms with Crippen molar-refractivity contribution < 1.29 is 14.3 Å².